The fourth-order valence-corrected chi connectivity index (χ4v) is 3.36. The number of aromatic nitrogens is 1. The highest BCUT2D eigenvalue weighted by atomic mass is 16.6. The molecule has 30 heavy (non-hydrogen) atoms. The van der Waals surface area contributed by atoms with Crippen molar-refractivity contribution >= 4 is 11.5 Å². The van der Waals surface area contributed by atoms with Gasteiger partial charge in [-0.1, -0.05) is 54.6 Å². The molecule has 0 amide bonds. The lowest BCUT2D eigenvalue weighted by Gasteiger charge is -2.11. The molecule has 0 radical (unpaired) electrons. The van der Waals surface area contributed by atoms with Crippen LogP contribution in [-0.4, -0.2) is 17.0 Å². The van der Waals surface area contributed by atoms with E-state index in [2.05, 4.69) is 18.2 Å². The van der Waals surface area contributed by atoms with E-state index in [9.17, 15) is 10.1 Å². The van der Waals surface area contributed by atoms with Crippen molar-refractivity contribution in [2.45, 2.75) is 13.0 Å². The van der Waals surface area contributed by atoms with Crippen LogP contribution in [0.2, 0.25) is 0 Å². The van der Waals surface area contributed by atoms with Gasteiger partial charge in [0.25, 0.3) is 0 Å². The first kappa shape index (κ1) is 19.3. The highest BCUT2D eigenvalue weighted by Crippen LogP contribution is 2.22. The van der Waals surface area contributed by atoms with Crippen molar-refractivity contribution < 1.29 is 14.3 Å². The SMILES string of the molecule is N#Cc1c(COC(=O)COc2ccccc2Cc2ccccc2)cn2ccccc12. The average molecular weight is 396 g/mol. The third-order valence-electron chi connectivity index (χ3n) is 4.82. The van der Waals surface area contributed by atoms with Crippen molar-refractivity contribution in [3.05, 3.63) is 107 Å². The first-order chi connectivity index (χ1) is 14.7. The Balaban J connectivity index is 1.38. The number of benzene rings is 2. The number of carbonyl (C=O) groups is 1. The standard InChI is InChI=1S/C25H20N2O3/c26-15-22-21(16-27-13-7-6-11-23(22)27)17-30-25(28)18-29-24-12-5-4-10-20(24)14-19-8-2-1-3-9-19/h1-13,16H,14,17-18H2. The third-order valence-corrected chi connectivity index (χ3v) is 4.82. The molecule has 5 heteroatoms. The number of nitrogens with zero attached hydrogens (tertiary/aromatic N) is 2. The minimum absolute atomic E-state index is 0.0262. The summed E-state index contributed by atoms with van der Waals surface area (Å²) in [6, 6.07) is 25.5. The summed E-state index contributed by atoms with van der Waals surface area (Å²) in [7, 11) is 0. The van der Waals surface area contributed by atoms with Gasteiger partial charge in [0.2, 0.25) is 0 Å². The summed E-state index contributed by atoms with van der Waals surface area (Å²) in [5, 5.41) is 9.45. The van der Waals surface area contributed by atoms with Gasteiger partial charge in [-0.3, -0.25) is 0 Å². The van der Waals surface area contributed by atoms with Crippen molar-refractivity contribution in [3.8, 4) is 11.8 Å². The van der Waals surface area contributed by atoms with Gasteiger partial charge in [-0.25, -0.2) is 4.79 Å². The first-order valence-corrected chi connectivity index (χ1v) is 9.63. The van der Waals surface area contributed by atoms with E-state index in [0.29, 0.717) is 16.9 Å². The predicted octanol–water partition coefficient (Wildman–Crippen LogP) is 4.52. The number of carbonyl (C=O) groups excluding carboxylic acids is 1. The molecule has 2 heterocycles. The van der Waals surface area contributed by atoms with Crippen LogP contribution < -0.4 is 4.74 Å². The average Bonchev–Trinajstić information content (AvgIpc) is 3.15. The molecular formula is C25H20N2O3. The van der Waals surface area contributed by atoms with Gasteiger partial charge in [-0.2, -0.15) is 5.26 Å². The maximum Gasteiger partial charge on any atom is 0.344 e. The number of pyridine rings is 1. The molecule has 4 aromatic rings. The third kappa shape index (κ3) is 4.34. The second-order valence-corrected chi connectivity index (χ2v) is 6.85. The lowest BCUT2D eigenvalue weighted by Crippen LogP contribution is -2.15. The van der Waals surface area contributed by atoms with Crippen molar-refractivity contribution in [2.75, 3.05) is 6.61 Å². The second-order valence-electron chi connectivity index (χ2n) is 6.85. The fraction of sp³-hybridized carbons (Fsp3) is 0.120. The fourth-order valence-electron chi connectivity index (χ4n) is 3.36. The zero-order valence-electron chi connectivity index (χ0n) is 16.3. The van der Waals surface area contributed by atoms with E-state index in [-0.39, 0.29) is 13.2 Å². The molecule has 0 unspecified atom stereocenters. The molecule has 0 fully saturated rings. The van der Waals surface area contributed by atoms with E-state index in [1.807, 2.05) is 71.3 Å². The zero-order valence-corrected chi connectivity index (χ0v) is 16.3. The number of hydrogen-bond donors (Lipinski definition) is 0. The molecule has 0 spiro atoms. The van der Waals surface area contributed by atoms with E-state index in [1.165, 1.54) is 5.56 Å². The smallest absolute Gasteiger partial charge is 0.344 e. The van der Waals surface area contributed by atoms with Crippen molar-refractivity contribution in [1.82, 2.24) is 4.40 Å². The lowest BCUT2D eigenvalue weighted by atomic mass is 10.0. The van der Waals surface area contributed by atoms with Crippen LogP contribution in [0.25, 0.3) is 5.52 Å². The van der Waals surface area contributed by atoms with Gasteiger partial charge in [0, 0.05) is 24.4 Å². The minimum Gasteiger partial charge on any atom is -0.482 e. The van der Waals surface area contributed by atoms with Gasteiger partial charge in [0.05, 0.1) is 11.1 Å². The van der Waals surface area contributed by atoms with E-state index < -0.39 is 5.97 Å². The van der Waals surface area contributed by atoms with Crippen molar-refractivity contribution in [3.63, 3.8) is 0 Å². The monoisotopic (exact) mass is 396 g/mol. The van der Waals surface area contributed by atoms with Crippen LogP contribution in [0.1, 0.15) is 22.3 Å². The maximum absolute atomic E-state index is 12.2. The van der Waals surface area contributed by atoms with Gasteiger partial charge in [-0.05, 0) is 29.3 Å². The molecule has 0 saturated heterocycles. The van der Waals surface area contributed by atoms with Gasteiger partial charge >= 0.3 is 5.97 Å². The Morgan fingerprint density at radius 3 is 2.53 bits per heavy atom. The van der Waals surface area contributed by atoms with Crippen LogP contribution in [0.15, 0.2) is 85.2 Å². The van der Waals surface area contributed by atoms with E-state index >= 15 is 0 Å². The summed E-state index contributed by atoms with van der Waals surface area (Å²) in [6.07, 6.45) is 4.38. The summed E-state index contributed by atoms with van der Waals surface area (Å²) in [4.78, 5) is 12.2. The molecular weight excluding hydrogens is 376 g/mol. The molecule has 0 aliphatic rings. The lowest BCUT2D eigenvalue weighted by molar-refractivity contribution is -0.147. The molecule has 4 rings (SSSR count). The number of esters is 1. The van der Waals surface area contributed by atoms with Crippen LogP contribution in [0.3, 0.4) is 0 Å². The summed E-state index contributed by atoms with van der Waals surface area (Å²) in [5.74, 6) is 0.175. The Morgan fingerprint density at radius 1 is 0.933 bits per heavy atom. The molecule has 2 aromatic carbocycles. The van der Waals surface area contributed by atoms with Crippen molar-refractivity contribution in [1.29, 1.82) is 5.26 Å². The summed E-state index contributed by atoms with van der Waals surface area (Å²) in [6.45, 7) is -0.167. The molecule has 2 aromatic heterocycles. The van der Waals surface area contributed by atoms with E-state index in [0.717, 1.165) is 17.5 Å². The molecule has 5 nitrogen and oxygen atoms in total. The van der Waals surface area contributed by atoms with Gasteiger partial charge < -0.3 is 13.9 Å². The maximum atomic E-state index is 12.2. The quantitative estimate of drug-likeness (QED) is 0.431. The van der Waals surface area contributed by atoms with E-state index in [4.69, 9.17) is 9.47 Å². The van der Waals surface area contributed by atoms with Gasteiger partial charge in [0.15, 0.2) is 6.61 Å². The van der Waals surface area contributed by atoms with Gasteiger partial charge in [-0.15, -0.1) is 0 Å². The Morgan fingerprint density at radius 2 is 1.70 bits per heavy atom. The molecule has 148 valence electrons. The predicted molar refractivity (Wildman–Crippen MR) is 113 cm³/mol. The first-order valence-electron chi connectivity index (χ1n) is 9.63. The van der Waals surface area contributed by atoms with Crippen LogP contribution in [0.4, 0.5) is 0 Å². The number of ether oxygens (including phenoxy) is 2. The van der Waals surface area contributed by atoms with Crippen LogP contribution in [-0.2, 0) is 22.6 Å². The molecule has 0 aliphatic carbocycles. The Bertz CT molecular complexity index is 1210. The highest BCUT2D eigenvalue weighted by molar-refractivity contribution is 5.72. The second kappa shape index (κ2) is 8.97. The Kier molecular flexibility index (Phi) is 5.77. The van der Waals surface area contributed by atoms with Gasteiger partial charge in [0.1, 0.15) is 18.4 Å². The number of nitriles is 1. The zero-order chi connectivity index (χ0) is 20.8. The van der Waals surface area contributed by atoms with Crippen LogP contribution in [0, 0.1) is 11.3 Å². The topological polar surface area (TPSA) is 63.7 Å². The Labute approximate surface area is 174 Å². The molecule has 0 aliphatic heterocycles. The summed E-state index contributed by atoms with van der Waals surface area (Å²) < 4.78 is 12.9. The molecule has 0 N–H and O–H groups in total. The van der Waals surface area contributed by atoms with Crippen molar-refractivity contribution in [2.24, 2.45) is 0 Å². The summed E-state index contributed by atoms with van der Waals surface area (Å²) >= 11 is 0. The Hall–Kier alpha value is -4.04. The number of rotatable bonds is 7. The molecule has 0 saturated carbocycles. The largest absolute Gasteiger partial charge is 0.482 e. The number of para-hydroxylation sites is 1. The highest BCUT2D eigenvalue weighted by Gasteiger charge is 2.13. The normalized spacial score (nSPS) is 10.5. The number of fused-ring (bicyclic) bond motifs is 1. The summed E-state index contributed by atoms with van der Waals surface area (Å²) in [5.41, 5.74) is 4.14. The number of hydrogen-bond acceptors (Lipinski definition) is 4. The minimum atomic E-state index is -0.483. The van der Waals surface area contributed by atoms with E-state index in [1.54, 1.807) is 6.20 Å². The van der Waals surface area contributed by atoms with Crippen LogP contribution in [0.5, 0.6) is 5.75 Å². The van der Waals surface area contributed by atoms with Crippen LogP contribution >= 0.6 is 0 Å². The molecule has 0 atom stereocenters. The molecule has 0 bridgehead atoms.